The van der Waals surface area contributed by atoms with E-state index in [1.165, 1.54) is 24.3 Å². The maximum absolute atomic E-state index is 13.5. The van der Waals surface area contributed by atoms with E-state index in [4.69, 9.17) is 4.74 Å². The second kappa shape index (κ2) is 8.44. The lowest BCUT2D eigenvalue weighted by Crippen LogP contribution is -2.32. The average Bonchev–Trinajstić information content (AvgIpc) is 3.00. The largest absolute Gasteiger partial charge is 0.494 e. The Morgan fingerprint density at radius 1 is 0.935 bits per heavy atom. The molecular formula is C25H21FN2O3. The summed E-state index contributed by atoms with van der Waals surface area (Å²) in [5.74, 6) is -0.831. The van der Waals surface area contributed by atoms with Crippen LogP contribution in [0.2, 0.25) is 0 Å². The molecule has 0 bridgehead atoms. The van der Waals surface area contributed by atoms with Crippen LogP contribution in [0.4, 0.5) is 15.8 Å². The van der Waals surface area contributed by atoms with Crippen molar-refractivity contribution in [3.63, 3.8) is 0 Å². The molecule has 3 aromatic rings. The first kappa shape index (κ1) is 20.3. The number of anilines is 2. The molecule has 1 aliphatic heterocycles. The minimum atomic E-state index is -0.485. The normalized spacial score (nSPS) is 13.7. The molecule has 0 atom stereocenters. The molecule has 3 aromatic carbocycles. The van der Waals surface area contributed by atoms with Gasteiger partial charge in [0.05, 0.1) is 17.9 Å². The van der Waals surface area contributed by atoms with Gasteiger partial charge in [0.15, 0.2) is 0 Å². The SMILES string of the molecule is CCOc1cccc(N2C(=O)C(Nc3ccccc3C)=C(c3ccc(F)cc3)C2=O)c1. The quantitative estimate of drug-likeness (QED) is 0.579. The highest BCUT2D eigenvalue weighted by Gasteiger charge is 2.40. The molecule has 156 valence electrons. The fourth-order valence-electron chi connectivity index (χ4n) is 3.49. The van der Waals surface area contributed by atoms with Crippen LogP contribution in [0.25, 0.3) is 5.57 Å². The van der Waals surface area contributed by atoms with Gasteiger partial charge in [-0.2, -0.15) is 0 Å². The molecule has 0 radical (unpaired) electrons. The second-order valence-electron chi connectivity index (χ2n) is 7.07. The number of benzene rings is 3. The van der Waals surface area contributed by atoms with Gasteiger partial charge in [-0.25, -0.2) is 9.29 Å². The molecule has 0 saturated heterocycles. The summed E-state index contributed by atoms with van der Waals surface area (Å²) in [6.07, 6.45) is 0. The van der Waals surface area contributed by atoms with Crippen LogP contribution in [0.15, 0.2) is 78.5 Å². The molecule has 0 aromatic heterocycles. The molecule has 0 saturated carbocycles. The predicted octanol–water partition coefficient (Wildman–Crippen LogP) is 4.93. The molecule has 31 heavy (non-hydrogen) atoms. The number of rotatable bonds is 6. The van der Waals surface area contributed by atoms with Crippen molar-refractivity contribution in [1.82, 2.24) is 0 Å². The molecule has 1 aliphatic rings. The van der Waals surface area contributed by atoms with Crippen LogP contribution < -0.4 is 15.0 Å². The van der Waals surface area contributed by atoms with Crippen LogP contribution in [-0.2, 0) is 9.59 Å². The number of amides is 2. The van der Waals surface area contributed by atoms with Gasteiger partial charge in [0.2, 0.25) is 0 Å². The van der Waals surface area contributed by atoms with Gasteiger partial charge < -0.3 is 10.1 Å². The first-order chi connectivity index (χ1) is 15.0. The van der Waals surface area contributed by atoms with Gasteiger partial charge in [0.25, 0.3) is 11.8 Å². The number of carbonyl (C=O) groups is 2. The highest BCUT2D eigenvalue weighted by Crippen LogP contribution is 2.35. The van der Waals surface area contributed by atoms with E-state index in [1.54, 1.807) is 24.3 Å². The number of carbonyl (C=O) groups excluding carboxylic acids is 2. The summed E-state index contributed by atoms with van der Waals surface area (Å²) in [6, 6.07) is 19.8. The van der Waals surface area contributed by atoms with Gasteiger partial charge in [-0.15, -0.1) is 0 Å². The van der Waals surface area contributed by atoms with Gasteiger partial charge in [0, 0.05) is 11.8 Å². The number of nitrogens with one attached hydrogen (secondary N) is 1. The van der Waals surface area contributed by atoms with Crippen LogP contribution in [-0.4, -0.2) is 18.4 Å². The number of aryl methyl sites for hydroxylation is 1. The molecule has 5 nitrogen and oxygen atoms in total. The summed E-state index contributed by atoms with van der Waals surface area (Å²) in [5.41, 5.74) is 2.83. The summed E-state index contributed by atoms with van der Waals surface area (Å²) >= 11 is 0. The Balaban J connectivity index is 1.81. The molecule has 0 unspecified atom stereocenters. The summed E-state index contributed by atoms with van der Waals surface area (Å²) < 4.78 is 19.0. The minimum Gasteiger partial charge on any atom is -0.494 e. The molecule has 0 spiro atoms. The number of halogens is 1. The smallest absolute Gasteiger partial charge is 0.282 e. The fourth-order valence-corrected chi connectivity index (χ4v) is 3.49. The number of nitrogens with zero attached hydrogens (tertiary/aromatic N) is 1. The second-order valence-corrected chi connectivity index (χ2v) is 7.07. The lowest BCUT2D eigenvalue weighted by atomic mass is 10.0. The van der Waals surface area contributed by atoms with Crippen molar-refractivity contribution in [3.8, 4) is 5.75 Å². The maximum atomic E-state index is 13.5. The van der Waals surface area contributed by atoms with Crippen molar-refractivity contribution in [2.24, 2.45) is 0 Å². The zero-order valence-electron chi connectivity index (χ0n) is 17.2. The van der Waals surface area contributed by atoms with Gasteiger partial charge in [0.1, 0.15) is 17.3 Å². The van der Waals surface area contributed by atoms with E-state index < -0.39 is 17.6 Å². The average molecular weight is 416 g/mol. The monoisotopic (exact) mass is 416 g/mol. The zero-order chi connectivity index (χ0) is 22.0. The third-order valence-corrected chi connectivity index (χ3v) is 5.01. The Kier molecular flexibility index (Phi) is 5.54. The Hall–Kier alpha value is -3.93. The number of ether oxygens (including phenoxy) is 1. The zero-order valence-corrected chi connectivity index (χ0v) is 17.2. The first-order valence-electron chi connectivity index (χ1n) is 9.94. The summed E-state index contributed by atoms with van der Waals surface area (Å²) in [4.78, 5) is 28.0. The predicted molar refractivity (Wildman–Crippen MR) is 118 cm³/mol. The molecule has 0 aliphatic carbocycles. The van der Waals surface area contributed by atoms with Crippen molar-refractivity contribution in [2.75, 3.05) is 16.8 Å². The molecule has 0 fully saturated rings. The third kappa shape index (κ3) is 3.92. The topological polar surface area (TPSA) is 58.6 Å². The van der Waals surface area contributed by atoms with Crippen LogP contribution in [0, 0.1) is 12.7 Å². The van der Waals surface area contributed by atoms with Gasteiger partial charge in [-0.1, -0.05) is 36.4 Å². The van der Waals surface area contributed by atoms with Crippen molar-refractivity contribution in [1.29, 1.82) is 0 Å². The van der Waals surface area contributed by atoms with Crippen LogP contribution >= 0.6 is 0 Å². The molecule has 6 heteroatoms. The van der Waals surface area contributed by atoms with E-state index in [9.17, 15) is 14.0 Å². The Morgan fingerprint density at radius 2 is 1.68 bits per heavy atom. The van der Waals surface area contributed by atoms with E-state index >= 15 is 0 Å². The number of imide groups is 1. The van der Waals surface area contributed by atoms with Crippen molar-refractivity contribution >= 4 is 28.8 Å². The number of para-hydroxylation sites is 1. The van der Waals surface area contributed by atoms with Crippen LogP contribution in [0.5, 0.6) is 5.75 Å². The lowest BCUT2D eigenvalue weighted by Gasteiger charge is -2.16. The van der Waals surface area contributed by atoms with Crippen molar-refractivity contribution in [3.05, 3.63) is 95.4 Å². The molecule has 1 heterocycles. The first-order valence-corrected chi connectivity index (χ1v) is 9.94. The van der Waals surface area contributed by atoms with Crippen LogP contribution in [0.3, 0.4) is 0 Å². The maximum Gasteiger partial charge on any atom is 0.282 e. The van der Waals surface area contributed by atoms with Crippen molar-refractivity contribution in [2.45, 2.75) is 13.8 Å². The Morgan fingerprint density at radius 3 is 2.39 bits per heavy atom. The van der Waals surface area contributed by atoms with E-state index in [-0.39, 0.29) is 11.3 Å². The molecule has 4 rings (SSSR count). The van der Waals surface area contributed by atoms with E-state index in [0.29, 0.717) is 29.3 Å². The lowest BCUT2D eigenvalue weighted by molar-refractivity contribution is -0.120. The highest BCUT2D eigenvalue weighted by molar-refractivity contribution is 6.46. The molecule has 2 amide bonds. The fraction of sp³-hybridized carbons (Fsp3) is 0.120. The van der Waals surface area contributed by atoms with Crippen molar-refractivity contribution < 1.29 is 18.7 Å². The van der Waals surface area contributed by atoms with Gasteiger partial charge >= 0.3 is 0 Å². The van der Waals surface area contributed by atoms with Gasteiger partial charge in [-0.05, 0) is 55.3 Å². The summed E-state index contributed by atoms with van der Waals surface area (Å²) in [7, 11) is 0. The van der Waals surface area contributed by atoms with E-state index in [2.05, 4.69) is 5.32 Å². The van der Waals surface area contributed by atoms with Gasteiger partial charge in [-0.3, -0.25) is 9.59 Å². The Bertz CT molecular complexity index is 1190. The summed E-state index contributed by atoms with van der Waals surface area (Å²) in [5, 5.41) is 3.13. The third-order valence-electron chi connectivity index (χ3n) is 5.01. The number of hydrogen-bond donors (Lipinski definition) is 1. The minimum absolute atomic E-state index is 0.146. The van der Waals surface area contributed by atoms with E-state index in [0.717, 1.165) is 10.5 Å². The highest BCUT2D eigenvalue weighted by atomic mass is 19.1. The standard InChI is InChI=1S/C25H21FN2O3/c1-3-31-20-9-6-8-19(15-20)28-24(29)22(17-11-13-18(26)14-12-17)23(25(28)30)27-21-10-5-4-7-16(21)2/h4-15,27H,3H2,1-2H3. The number of hydrogen-bond acceptors (Lipinski definition) is 4. The Labute approximate surface area is 179 Å². The summed E-state index contributed by atoms with van der Waals surface area (Å²) in [6.45, 7) is 4.23. The molecular weight excluding hydrogens is 395 g/mol. The van der Waals surface area contributed by atoms with E-state index in [1.807, 2.05) is 38.1 Å². The van der Waals surface area contributed by atoms with Crippen LogP contribution in [0.1, 0.15) is 18.1 Å². The molecule has 1 N–H and O–H groups in total.